The van der Waals surface area contributed by atoms with Gasteiger partial charge in [0.25, 0.3) is 0 Å². The number of aliphatic hydroxyl groups excluding tert-OH is 1. The molecule has 2 rings (SSSR count). The molecule has 0 heterocycles. The summed E-state index contributed by atoms with van der Waals surface area (Å²) >= 11 is 0. The number of hydrogen-bond acceptors (Lipinski definition) is 2. The molecule has 2 nitrogen and oxygen atoms in total. The van der Waals surface area contributed by atoms with Gasteiger partial charge in [-0.15, -0.1) is 0 Å². The highest BCUT2D eigenvalue weighted by Gasteiger charge is 2.40. The van der Waals surface area contributed by atoms with Crippen LogP contribution in [0, 0.1) is 11.8 Å². The zero-order valence-electron chi connectivity index (χ0n) is 7.33. The van der Waals surface area contributed by atoms with E-state index in [1.165, 1.54) is 6.42 Å². The van der Waals surface area contributed by atoms with Crippen molar-refractivity contribution in [3.05, 3.63) is 0 Å². The highest BCUT2D eigenvalue weighted by Crippen LogP contribution is 2.39. The molecule has 0 aromatic carbocycles. The Kier molecular flexibility index (Phi) is 2.18. The van der Waals surface area contributed by atoms with Crippen molar-refractivity contribution >= 4 is 5.78 Å². The van der Waals surface area contributed by atoms with Gasteiger partial charge in [0, 0.05) is 12.3 Å². The molecular weight excluding hydrogens is 152 g/mol. The standard InChI is InChI=1S/C10H16O2/c11-8-4-2-1-3-7-5-6-9(12)10(7)8/h7,9-10,12H,1-6H2/t7-,9?,10-/m0/s1. The van der Waals surface area contributed by atoms with Gasteiger partial charge < -0.3 is 5.11 Å². The van der Waals surface area contributed by atoms with Crippen molar-refractivity contribution < 1.29 is 9.90 Å². The predicted molar refractivity (Wildman–Crippen MR) is 45.7 cm³/mol. The minimum atomic E-state index is -0.319. The second-order valence-corrected chi connectivity index (χ2v) is 4.14. The Bertz CT molecular complexity index is 188. The Morgan fingerprint density at radius 3 is 2.83 bits per heavy atom. The summed E-state index contributed by atoms with van der Waals surface area (Å²) in [5.74, 6) is 0.838. The van der Waals surface area contributed by atoms with E-state index in [4.69, 9.17) is 0 Å². The molecule has 12 heavy (non-hydrogen) atoms. The van der Waals surface area contributed by atoms with Crippen LogP contribution >= 0.6 is 0 Å². The second-order valence-electron chi connectivity index (χ2n) is 4.14. The lowest BCUT2D eigenvalue weighted by Crippen LogP contribution is -2.26. The monoisotopic (exact) mass is 168 g/mol. The molecule has 2 aliphatic carbocycles. The van der Waals surface area contributed by atoms with Gasteiger partial charge in [0.05, 0.1) is 6.10 Å². The molecule has 0 aliphatic heterocycles. The van der Waals surface area contributed by atoms with E-state index in [0.717, 1.165) is 25.7 Å². The summed E-state index contributed by atoms with van der Waals surface area (Å²) in [7, 11) is 0. The molecule has 68 valence electrons. The Morgan fingerprint density at radius 2 is 2.00 bits per heavy atom. The molecule has 1 N–H and O–H groups in total. The predicted octanol–water partition coefficient (Wildman–Crippen LogP) is 1.52. The molecule has 0 radical (unpaired) electrons. The van der Waals surface area contributed by atoms with Crippen molar-refractivity contribution in [3.8, 4) is 0 Å². The molecule has 2 aliphatic rings. The van der Waals surface area contributed by atoms with Crippen LogP contribution in [-0.2, 0) is 4.79 Å². The first-order valence-electron chi connectivity index (χ1n) is 5.00. The van der Waals surface area contributed by atoms with E-state index in [2.05, 4.69) is 0 Å². The maximum atomic E-state index is 11.5. The third-order valence-electron chi connectivity index (χ3n) is 3.38. The smallest absolute Gasteiger partial charge is 0.138 e. The summed E-state index contributed by atoms with van der Waals surface area (Å²) in [4.78, 5) is 11.5. The van der Waals surface area contributed by atoms with Gasteiger partial charge in [0.15, 0.2) is 0 Å². The summed E-state index contributed by atoms with van der Waals surface area (Å²) < 4.78 is 0. The highest BCUT2D eigenvalue weighted by atomic mass is 16.3. The minimum absolute atomic E-state index is 0.00694. The molecule has 0 aromatic heterocycles. The quantitative estimate of drug-likeness (QED) is 0.595. The molecule has 3 atom stereocenters. The largest absolute Gasteiger partial charge is 0.392 e. The topological polar surface area (TPSA) is 37.3 Å². The molecule has 2 saturated carbocycles. The van der Waals surface area contributed by atoms with Gasteiger partial charge in [-0.05, 0) is 31.6 Å². The molecular formula is C10H16O2. The van der Waals surface area contributed by atoms with Crippen LogP contribution in [0.4, 0.5) is 0 Å². The third-order valence-corrected chi connectivity index (χ3v) is 3.38. The van der Waals surface area contributed by atoms with Crippen LogP contribution in [0.5, 0.6) is 0 Å². The second kappa shape index (κ2) is 3.17. The summed E-state index contributed by atoms with van der Waals surface area (Å²) in [6.45, 7) is 0. The number of aliphatic hydroxyl groups is 1. The zero-order valence-corrected chi connectivity index (χ0v) is 7.33. The fourth-order valence-corrected chi connectivity index (χ4v) is 2.73. The van der Waals surface area contributed by atoms with Crippen LogP contribution in [0.3, 0.4) is 0 Å². The fourth-order valence-electron chi connectivity index (χ4n) is 2.73. The van der Waals surface area contributed by atoms with Crippen molar-refractivity contribution in [1.82, 2.24) is 0 Å². The zero-order chi connectivity index (χ0) is 8.55. The summed E-state index contributed by atoms with van der Waals surface area (Å²) in [6.07, 6.45) is 5.68. The number of fused-ring (bicyclic) bond motifs is 1. The SMILES string of the molecule is O=C1CCCC[C@H]2CCC(O)[C@H]12. The Hall–Kier alpha value is -0.370. The summed E-state index contributed by atoms with van der Waals surface area (Å²) in [5.41, 5.74) is 0. The van der Waals surface area contributed by atoms with E-state index in [9.17, 15) is 9.90 Å². The normalized spacial score (nSPS) is 42.4. The molecule has 0 spiro atoms. The van der Waals surface area contributed by atoms with E-state index in [1.807, 2.05) is 0 Å². The fraction of sp³-hybridized carbons (Fsp3) is 0.900. The lowest BCUT2D eigenvalue weighted by Gasteiger charge is -2.16. The van der Waals surface area contributed by atoms with Gasteiger partial charge >= 0.3 is 0 Å². The lowest BCUT2D eigenvalue weighted by molar-refractivity contribution is -0.126. The molecule has 2 fully saturated rings. The molecule has 0 aromatic rings. The Morgan fingerprint density at radius 1 is 1.17 bits per heavy atom. The van der Waals surface area contributed by atoms with Gasteiger partial charge in [-0.25, -0.2) is 0 Å². The Labute approximate surface area is 73.0 Å². The molecule has 1 unspecified atom stereocenters. The van der Waals surface area contributed by atoms with E-state index in [-0.39, 0.29) is 12.0 Å². The molecule has 2 heteroatoms. The van der Waals surface area contributed by atoms with Crippen LogP contribution < -0.4 is 0 Å². The molecule has 0 saturated heterocycles. The van der Waals surface area contributed by atoms with Crippen LogP contribution in [0.25, 0.3) is 0 Å². The van der Waals surface area contributed by atoms with Crippen LogP contribution in [0.1, 0.15) is 38.5 Å². The summed E-state index contributed by atoms with van der Waals surface area (Å²) in [6, 6.07) is 0. The van der Waals surface area contributed by atoms with Crippen molar-refractivity contribution in [2.75, 3.05) is 0 Å². The first kappa shape index (κ1) is 8.24. The van der Waals surface area contributed by atoms with Crippen molar-refractivity contribution in [1.29, 1.82) is 0 Å². The van der Waals surface area contributed by atoms with Gasteiger partial charge in [-0.3, -0.25) is 4.79 Å². The van der Waals surface area contributed by atoms with E-state index in [0.29, 0.717) is 18.1 Å². The van der Waals surface area contributed by atoms with E-state index in [1.54, 1.807) is 0 Å². The average Bonchev–Trinajstić information content (AvgIpc) is 2.29. The van der Waals surface area contributed by atoms with Crippen molar-refractivity contribution in [2.24, 2.45) is 11.8 Å². The van der Waals surface area contributed by atoms with E-state index < -0.39 is 0 Å². The van der Waals surface area contributed by atoms with Crippen molar-refractivity contribution in [2.45, 2.75) is 44.6 Å². The minimum Gasteiger partial charge on any atom is -0.392 e. The average molecular weight is 168 g/mol. The molecule has 0 bridgehead atoms. The Balaban J connectivity index is 2.14. The maximum absolute atomic E-state index is 11.5. The summed E-state index contributed by atoms with van der Waals surface area (Å²) in [5, 5.41) is 9.60. The molecule has 0 amide bonds. The maximum Gasteiger partial charge on any atom is 0.138 e. The number of hydrogen-bond donors (Lipinski definition) is 1. The van der Waals surface area contributed by atoms with Gasteiger partial charge in [0.1, 0.15) is 5.78 Å². The first-order chi connectivity index (χ1) is 5.79. The highest BCUT2D eigenvalue weighted by molar-refractivity contribution is 5.82. The van der Waals surface area contributed by atoms with Crippen LogP contribution in [0.15, 0.2) is 0 Å². The number of carbonyl (C=O) groups excluding carboxylic acids is 1. The third kappa shape index (κ3) is 1.28. The first-order valence-corrected chi connectivity index (χ1v) is 5.00. The van der Waals surface area contributed by atoms with Crippen LogP contribution in [-0.4, -0.2) is 17.0 Å². The lowest BCUT2D eigenvalue weighted by atomic mass is 9.89. The number of Topliss-reactive ketones (excluding diaryl/α,β-unsaturated/α-hetero) is 1. The number of carbonyl (C=O) groups is 1. The number of rotatable bonds is 0. The van der Waals surface area contributed by atoms with Crippen LogP contribution in [0.2, 0.25) is 0 Å². The number of ketones is 1. The van der Waals surface area contributed by atoms with Gasteiger partial charge in [-0.2, -0.15) is 0 Å². The van der Waals surface area contributed by atoms with E-state index >= 15 is 0 Å². The van der Waals surface area contributed by atoms with Crippen molar-refractivity contribution in [3.63, 3.8) is 0 Å². The van der Waals surface area contributed by atoms with Gasteiger partial charge in [-0.1, -0.05) is 6.42 Å². The van der Waals surface area contributed by atoms with Gasteiger partial charge in [0.2, 0.25) is 0 Å².